The molecule has 1 heterocycles. The van der Waals surface area contributed by atoms with Gasteiger partial charge in [-0.25, -0.2) is 9.97 Å². The van der Waals surface area contributed by atoms with E-state index in [9.17, 15) is 5.26 Å². The van der Waals surface area contributed by atoms with Crippen molar-refractivity contribution in [2.24, 2.45) is 0 Å². The van der Waals surface area contributed by atoms with Crippen molar-refractivity contribution in [2.75, 3.05) is 5.73 Å². The highest BCUT2D eigenvalue weighted by Crippen LogP contribution is 2.34. The normalized spacial score (nSPS) is 14.5. The van der Waals surface area contributed by atoms with Crippen molar-refractivity contribution in [2.45, 2.75) is 49.6 Å². The van der Waals surface area contributed by atoms with Crippen LogP contribution >= 0.6 is 11.8 Å². The van der Waals surface area contributed by atoms with E-state index >= 15 is 0 Å². The summed E-state index contributed by atoms with van der Waals surface area (Å²) in [6.45, 7) is 2.19. The van der Waals surface area contributed by atoms with Crippen molar-refractivity contribution in [3.05, 3.63) is 41.1 Å². The summed E-state index contributed by atoms with van der Waals surface area (Å²) in [5.74, 6) is 1.01. The lowest BCUT2D eigenvalue weighted by Crippen LogP contribution is -2.09. The minimum Gasteiger partial charge on any atom is -0.487 e. The smallest absolute Gasteiger partial charge is 0.190 e. The maximum Gasteiger partial charge on any atom is 0.190 e. The summed E-state index contributed by atoms with van der Waals surface area (Å²) in [5.41, 5.74) is 7.86. The average molecular weight is 340 g/mol. The molecule has 2 N–H and O–H groups in total. The van der Waals surface area contributed by atoms with E-state index in [1.54, 1.807) is 11.8 Å². The Morgan fingerprint density at radius 2 is 2.04 bits per heavy atom. The molecule has 0 amide bonds. The first-order valence-electron chi connectivity index (χ1n) is 8.09. The number of aromatic nitrogens is 2. The van der Waals surface area contributed by atoms with Gasteiger partial charge in [0.15, 0.2) is 5.16 Å². The van der Waals surface area contributed by atoms with Crippen LogP contribution in [0.5, 0.6) is 5.75 Å². The molecule has 0 aliphatic heterocycles. The molecule has 1 aliphatic rings. The molecule has 0 radical (unpaired) electrons. The van der Waals surface area contributed by atoms with Crippen LogP contribution in [0, 0.1) is 18.3 Å². The maximum atomic E-state index is 9.35. The van der Waals surface area contributed by atoms with Gasteiger partial charge in [0.2, 0.25) is 0 Å². The molecule has 1 fully saturated rings. The summed E-state index contributed by atoms with van der Waals surface area (Å²) < 4.78 is 5.84. The first-order valence-corrected chi connectivity index (χ1v) is 8.97. The van der Waals surface area contributed by atoms with Gasteiger partial charge in [-0.1, -0.05) is 42.8 Å². The van der Waals surface area contributed by atoms with Gasteiger partial charge in [-0.2, -0.15) is 5.26 Å². The number of aryl methyl sites for hydroxylation is 1. The molecule has 1 saturated carbocycles. The van der Waals surface area contributed by atoms with Crippen molar-refractivity contribution in [1.29, 1.82) is 5.26 Å². The third kappa shape index (κ3) is 3.80. The zero-order valence-electron chi connectivity index (χ0n) is 13.7. The fourth-order valence-electron chi connectivity index (χ4n) is 2.80. The van der Waals surface area contributed by atoms with Gasteiger partial charge in [0.25, 0.3) is 0 Å². The molecule has 5 nitrogen and oxygen atoms in total. The van der Waals surface area contributed by atoms with Gasteiger partial charge in [0.1, 0.15) is 35.5 Å². The summed E-state index contributed by atoms with van der Waals surface area (Å²) in [6.07, 6.45) is 4.88. The van der Waals surface area contributed by atoms with Crippen molar-refractivity contribution < 1.29 is 4.74 Å². The topological polar surface area (TPSA) is 84.8 Å². The van der Waals surface area contributed by atoms with E-state index in [4.69, 9.17) is 10.5 Å². The number of thioether (sulfide) groups is 1. The number of anilines is 1. The third-order valence-corrected chi connectivity index (χ3v) is 5.33. The summed E-state index contributed by atoms with van der Waals surface area (Å²) >= 11 is 1.66. The van der Waals surface area contributed by atoms with Gasteiger partial charge in [-0.05, 0) is 31.4 Å². The van der Waals surface area contributed by atoms with Crippen LogP contribution in [-0.4, -0.2) is 15.2 Å². The number of para-hydroxylation sites is 1. The Hall–Kier alpha value is -2.26. The van der Waals surface area contributed by atoms with Gasteiger partial charge in [-0.3, -0.25) is 0 Å². The van der Waals surface area contributed by atoms with Crippen LogP contribution in [0.2, 0.25) is 0 Å². The molecule has 24 heavy (non-hydrogen) atoms. The Balaban J connectivity index is 1.80. The summed E-state index contributed by atoms with van der Waals surface area (Å²) in [6, 6.07) is 9.86. The number of hydrogen-bond acceptors (Lipinski definition) is 6. The summed E-state index contributed by atoms with van der Waals surface area (Å²) in [7, 11) is 0. The SMILES string of the molecule is Cc1ccccc1OCc1nc(SC2CCCC2)nc(N)c1C#N. The lowest BCUT2D eigenvalue weighted by Gasteiger charge is -2.13. The Labute approximate surface area is 146 Å². The van der Waals surface area contributed by atoms with Crippen LogP contribution in [0.25, 0.3) is 0 Å². The molecule has 0 unspecified atom stereocenters. The lowest BCUT2D eigenvalue weighted by atomic mass is 10.2. The first-order chi connectivity index (χ1) is 11.7. The largest absolute Gasteiger partial charge is 0.487 e. The van der Waals surface area contributed by atoms with Crippen LogP contribution in [-0.2, 0) is 6.61 Å². The highest BCUT2D eigenvalue weighted by Gasteiger charge is 2.20. The number of hydrogen-bond donors (Lipinski definition) is 1. The summed E-state index contributed by atoms with van der Waals surface area (Å²) in [4.78, 5) is 8.83. The number of nitriles is 1. The van der Waals surface area contributed by atoms with E-state index < -0.39 is 0 Å². The van der Waals surface area contributed by atoms with Crippen molar-refractivity contribution in [3.63, 3.8) is 0 Å². The predicted molar refractivity (Wildman–Crippen MR) is 94.8 cm³/mol. The molecule has 0 bridgehead atoms. The molecule has 0 atom stereocenters. The fourth-order valence-corrected chi connectivity index (χ4v) is 3.98. The molecule has 1 aromatic heterocycles. The standard InChI is InChI=1S/C18H20N4OS/c1-12-6-2-5-9-16(12)23-11-15-14(10-19)17(20)22-18(21-15)24-13-7-3-4-8-13/h2,5-6,9,13H,3-4,7-8,11H2,1H3,(H2,20,21,22). The van der Waals surface area contributed by atoms with E-state index in [0.29, 0.717) is 21.7 Å². The molecular weight excluding hydrogens is 320 g/mol. The highest BCUT2D eigenvalue weighted by molar-refractivity contribution is 7.99. The van der Waals surface area contributed by atoms with Gasteiger partial charge in [0.05, 0.1) is 0 Å². The molecular formula is C18H20N4OS. The fraction of sp³-hybridized carbons (Fsp3) is 0.389. The van der Waals surface area contributed by atoms with Gasteiger partial charge >= 0.3 is 0 Å². The molecule has 6 heteroatoms. The highest BCUT2D eigenvalue weighted by atomic mass is 32.2. The Kier molecular flexibility index (Phi) is 5.21. The van der Waals surface area contributed by atoms with Crippen LogP contribution in [0.1, 0.15) is 42.5 Å². The zero-order valence-corrected chi connectivity index (χ0v) is 14.5. The number of nitrogens with zero attached hydrogens (tertiary/aromatic N) is 3. The second-order valence-electron chi connectivity index (χ2n) is 5.90. The third-order valence-electron chi connectivity index (χ3n) is 4.14. The van der Waals surface area contributed by atoms with Crippen LogP contribution in [0.4, 0.5) is 5.82 Å². The molecule has 124 valence electrons. The average Bonchev–Trinajstić information content (AvgIpc) is 3.07. The maximum absolute atomic E-state index is 9.35. The van der Waals surface area contributed by atoms with Crippen LogP contribution < -0.4 is 10.5 Å². The van der Waals surface area contributed by atoms with Crippen molar-refractivity contribution in [3.8, 4) is 11.8 Å². The lowest BCUT2D eigenvalue weighted by molar-refractivity contribution is 0.297. The van der Waals surface area contributed by atoms with E-state index in [0.717, 1.165) is 11.3 Å². The van der Waals surface area contributed by atoms with Crippen LogP contribution in [0.3, 0.4) is 0 Å². The van der Waals surface area contributed by atoms with E-state index in [1.807, 2.05) is 31.2 Å². The number of rotatable bonds is 5. The first kappa shape index (κ1) is 16.6. The predicted octanol–water partition coefficient (Wildman–Crippen LogP) is 3.85. The van der Waals surface area contributed by atoms with Crippen LogP contribution in [0.15, 0.2) is 29.4 Å². The Bertz CT molecular complexity index is 766. The Morgan fingerprint density at radius 3 is 2.75 bits per heavy atom. The molecule has 3 rings (SSSR count). The number of nitrogen functional groups attached to an aromatic ring is 1. The minimum absolute atomic E-state index is 0.207. The monoisotopic (exact) mass is 340 g/mol. The number of ether oxygens (including phenoxy) is 1. The van der Waals surface area contributed by atoms with E-state index in [-0.39, 0.29) is 12.4 Å². The second kappa shape index (κ2) is 7.54. The van der Waals surface area contributed by atoms with Crippen molar-refractivity contribution in [1.82, 2.24) is 9.97 Å². The second-order valence-corrected chi connectivity index (χ2v) is 7.17. The van der Waals surface area contributed by atoms with E-state index in [1.165, 1.54) is 25.7 Å². The minimum atomic E-state index is 0.207. The molecule has 1 aliphatic carbocycles. The molecule has 0 saturated heterocycles. The zero-order chi connectivity index (χ0) is 16.9. The quantitative estimate of drug-likeness (QED) is 0.832. The van der Waals surface area contributed by atoms with Gasteiger partial charge in [0, 0.05) is 5.25 Å². The number of nitrogens with two attached hydrogens (primary N) is 1. The van der Waals surface area contributed by atoms with Crippen molar-refractivity contribution >= 4 is 17.6 Å². The van der Waals surface area contributed by atoms with Gasteiger partial charge in [-0.15, -0.1) is 0 Å². The van der Waals surface area contributed by atoms with Gasteiger partial charge < -0.3 is 10.5 Å². The molecule has 2 aromatic rings. The Morgan fingerprint density at radius 1 is 1.29 bits per heavy atom. The molecule has 1 aromatic carbocycles. The van der Waals surface area contributed by atoms with E-state index in [2.05, 4.69) is 16.0 Å². The summed E-state index contributed by atoms with van der Waals surface area (Å²) in [5, 5.41) is 10.5. The number of benzene rings is 1. The molecule has 0 spiro atoms.